The van der Waals surface area contributed by atoms with Crippen molar-refractivity contribution in [2.75, 3.05) is 13.2 Å². The van der Waals surface area contributed by atoms with E-state index in [0.29, 0.717) is 0 Å². The largest absolute Gasteiger partial charge is 0.396 e. The molecule has 0 aromatic heterocycles. The van der Waals surface area contributed by atoms with Crippen LogP contribution < -0.4 is 5.32 Å². The summed E-state index contributed by atoms with van der Waals surface area (Å²) in [6.07, 6.45) is 2.03. The summed E-state index contributed by atoms with van der Waals surface area (Å²) in [5.74, 6) is 0. The van der Waals surface area contributed by atoms with Crippen molar-refractivity contribution in [3.05, 3.63) is 33.4 Å². The highest BCUT2D eigenvalue weighted by atomic mass is 127. The Morgan fingerprint density at radius 2 is 2.00 bits per heavy atom. The molecule has 0 aliphatic heterocycles. The van der Waals surface area contributed by atoms with Gasteiger partial charge >= 0.3 is 0 Å². The molecule has 0 saturated heterocycles. The fourth-order valence-electron chi connectivity index (χ4n) is 1.90. The van der Waals surface area contributed by atoms with E-state index in [9.17, 15) is 5.11 Å². The Morgan fingerprint density at radius 1 is 1.29 bits per heavy atom. The van der Waals surface area contributed by atoms with Crippen LogP contribution in [0.15, 0.2) is 24.3 Å². The maximum Gasteiger partial charge on any atom is 0.0499 e. The molecule has 0 atom stereocenters. The van der Waals surface area contributed by atoms with Crippen molar-refractivity contribution < 1.29 is 5.11 Å². The van der Waals surface area contributed by atoms with E-state index in [1.165, 1.54) is 9.13 Å². The van der Waals surface area contributed by atoms with Gasteiger partial charge in [-0.2, -0.15) is 0 Å². The predicted octanol–water partition coefficient (Wildman–Crippen LogP) is 3.18. The second-order valence-corrected chi connectivity index (χ2v) is 5.84. The van der Waals surface area contributed by atoms with Crippen LogP contribution in [-0.2, 0) is 6.54 Å². The molecule has 0 radical (unpaired) electrons. The molecule has 0 fully saturated rings. The standard InChI is InChI=1S/C14H22INO/c1-3-14(4-2,11-17)10-16-9-12-6-5-7-13(15)8-12/h5-8,16-17H,3-4,9-11H2,1-2H3. The molecule has 17 heavy (non-hydrogen) atoms. The molecule has 0 heterocycles. The highest BCUT2D eigenvalue weighted by Crippen LogP contribution is 2.24. The van der Waals surface area contributed by atoms with Crippen LogP contribution in [0.25, 0.3) is 0 Å². The monoisotopic (exact) mass is 347 g/mol. The SMILES string of the molecule is CCC(CC)(CO)CNCc1cccc(I)c1. The van der Waals surface area contributed by atoms with Gasteiger partial charge in [0.1, 0.15) is 0 Å². The molecule has 0 aliphatic carbocycles. The Balaban J connectivity index is 2.46. The number of halogens is 1. The van der Waals surface area contributed by atoms with Gasteiger partial charge < -0.3 is 10.4 Å². The van der Waals surface area contributed by atoms with Crippen molar-refractivity contribution in [2.24, 2.45) is 5.41 Å². The lowest BCUT2D eigenvalue weighted by Crippen LogP contribution is -2.36. The van der Waals surface area contributed by atoms with Gasteiger partial charge in [-0.15, -0.1) is 0 Å². The van der Waals surface area contributed by atoms with E-state index in [0.717, 1.165) is 25.9 Å². The Morgan fingerprint density at radius 3 is 2.53 bits per heavy atom. The Hall–Kier alpha value is -0.130. The zero-order valence-electron chi connectivity index (χ0n) is 10.7. The van der Waals surface area contributed by atoms with E-state index in [1.54, 1.807) is 0 Å². The van der Waals surface area contributed by atoms with Gasteiger partial charge in [0.2, 0.25) is 0 Å². The minimum Gasteiger partial charge on any atom is -0.396 e. The van der Waals surface area contributed by atoms with Gasteiger partial charge in [-0.1, -0.05) is 26.0 Å². The second-order valence-electron chi connectivity index (χ2n) is 4.60. The molecule has 1 rings (SSSR count). The van der Waals surface area contributed by atoms with E-state index in [-0.39, 0.29) is 12.0 Å². The summed E-state index contributed by atoms with van der Waals surface area (Å²) in [6, 6.07) is 8.50. The van der Waals surface area contributed by atoms with E-state index in [1.807, 2.05) is 0 Å². The van der Waals surface area contributed by atoms with Crippen LogP contribution in [0.5, 0.6) is 0 Å². The summed E-state index contributed by atoms with van der Waals surface area (Å²) in [4.78, 5) is 0. The number of benzene rings is 1. The van der Waals surface area contributed by atoms with Crippen LogP contribution in [0, 0.1) is 8.99 Å². The molecule has 2 nitrogen and oxygen atoms in total. The highest BCUT2D eigenvalue weighted by molar-refractivity contribution is 14.1. The zero-order chi connectivity index (χ0) is 12.7. The lowest BCUT2D eigenvalue weighted by molar-refractivity contribution is 0.113. The van der Waals surface area contributed by atoms with Crippen molar-refractivity contribution in [3.63, 3.8) is 0 Å². The molecule has 0 saturated carbocycles. The summed E-state index contributed by atoms with van der Waals surface area (Å²) in [7, 11) is 0. The lowest BCUT2D eigenvalue weighted by Gasteiger charge is -2.29. The molecular formula is C14H22INO. The number of rotatable bonds is 7. The smallest absolute Gasteiger partial charge is 0.0499 e. The van der Waals surface area contributed by atoms with Crippen LogP contribution in [0.1, 0.15) is 32.3 Å². The normalized spacial score (nSPS) is 11.8. The Kier molecular flexibility index (Phi) is 6.44. The number of aliphatic hydroxyl groups excluding tert-OH is 1. The van der Waals surface area contributed by atoms with Gasteiger partial charge in [0, 0.05) is 28.7 Å². The van der Waals surface area contributed by atoms with Crippen molar-refractivity contribution >= 4 is 22.6 Å². The Labute approximate surface area is 118 Å². The molecule has 96 valence electrons. The second kappa shape index (κ2) is 7.34. The van der Waals surface area contributed by atoms with Gasteiger partial charge in [-0.25, -0.2) is 0 Å². The van der Waals surface area contributed by atoms with Crippen LogP contribution in [0.4, 0.5) is 0 Å². The number of hydrogen-bond donors (Lipinski definition) is 2. The summed E-state index contributed by atoms with van der Waals surface area (Å²) < 4.78 is 1.27. The molecule has 0 unspecified atom stereocenters. The third-order valence-electron chi connectivity index (χ3n) is 3.55. The van der Waals surface area contributed by atoms with Crippen molar-refractivity contribution in [3.8, 4) is 0 Å². The first kappa shape index (κ1) is 14.9. The van der Waals surface area contributed by atoms with E-state index in [2.05, 4.69) is 66.0 Å². The number of hydrogen-bond acceptors (Lipinski definition) is 2. The summed E-state index contributed by atoms with van der Waals surface area (Å²) >= 11 is 2.33. The summed E-state index contributed by atoms with van der Waals surface area (Å²) in [5, 5.41) is 12.9. The topological polar surface area (TPSA) is 32.3 Å². The third kappa shape index (κ3) is 4.56. The van der Waals surface area contributed by atoms with E-state index in [4.69, 9.17) is 0 Å². The molecule has 0 bridgehead atoms. The first-order chi connectivity index (χ1) is 8.15. The van der Waals surface area contributed by atoms with Crippen molar-refractivity contribution in [2.45, 2.75) is 33.2 Å². The first-order valence-electron chi connectivity index (χ1n) is 6.22. The summed E-state index contributed by atoms with van der Waals surface area (Å²) in [6.45, 7) is 6.31. The molecule has 3 heteroatoms. The number of nitrogens with one attached hydrogen (secondary N) is 1. The van der Waals surface area contributed by atoms with Gasteiger partial charge in [0.25, 0.3) is 0 Å². The maximum atomic E-state index is 9.48. The third-order valence-corrected chi connectivity index (χ3v) is 4.22. The quantitative estimate of drug-likeness (QED) is 0.743. The zero-order valence-corrected chi connectivity index (χ0v) is 12.8. The van der Waals surface area contributed by atoms with Crippen molar-refractivity contribution in [1.82, 2.24) is 5.32 Å². The fourth-order valence-corrected chi connectivity index (χ4v) is 2.51. The van der Waals surface area contributed by atoms with Crippen LogP contribution in [0.2, 0.25) is 0 Å². The van der Waals surface area contributed by atoms with Gasteiger partial charge in [-0.05, 0) is 53.1 Å². The maximum absolute atomic E-state index is 9.48. The molecule has 0 spiro atoms. The summed E-state index contributed by atoms with van der Waals surface area (Å²) in [5.41, 5.74) is 1.35. The van der Waals surface area contributed by atoms with Crippen LogP contribution >= 0.6 is 22.6 Å². The van der Waals surface area contributed by atoms with Gasteiger partial charge in [0.15, 0.2) is 0 Å². The average Bonchev–Trinajstić information content (AvgIpc) is 2.35. The van der Waals surface area contributed by atoms with E-state index < -0.39 is 0 Å². The van der Waals surface area contributed by atoms with E-state index >= 15 is 0 Å². The van der Waals surface area contributed by atoms with Gasteiger partial charge in [0.05, 0.1) is 0 Å². The fraction of sp³-hybridized carbons (Fsp3) is 0.571. The molecule has 1 aromatic carbocycles. The molecule has 0 aliphatic rings. The first-order valence-corrected chi connectivity index (χ1v) is 7.29. The minimum absolute atomic E-state index is 0.0436. The predicted molar refractivity (Wildman–Crippen MR) is 81.0 cm³/mol. The molecule has 1 aromatic rings. The van der Waals surface area contributed by atoms with Gasteiger partial charge in [-0.3, -0.25) is 0 Å². The van der Waals surface area contributed by atoms with Crippen LogP contribution in [0.3, 0.4) is 0 Å². The minimum atomic E-state index is 0.0436. The van der Waals surface area contributed by atoms with Crippen molar-refractivity contribution in [1.29, 1.82) is 0 Å². The molecular weight excluding hydrogens is 325 g/mol. The van der Waals surface area contributed by atoms with Crippen LogP contribution in [-0.4, -0.2) is 18.3 Å². The molecule has 0 amide bonds. The highest BCUT2D eigenvalue weighted by Gasteiger charge is 2.24. The average molecular weight is 347 g/mol. The lowest BCUT2D eigenvalue weighted by atomic mass is 9.83. The Bertz CT molecular complexity index is 328. The number of aliphatic hydroxyl groups is 1. The molecule has 2 N–H and O–H groups in total.